The average molecular weight is 629 g/mol. The number of benzene rings is 2. The van der Waals surface area contributed by atoms with Crippen molar-refractivity contribution in [3.05, 3.63) is 71.8 Å². The molecule has 0 radical (unpaired) electrons. The highest BCUT2D eigenvalue weighted by atomic mass is 35.5. The zero-order valence-corrected chi connectivity index (χ0v) is 25.3. The Morgan fingerprint density at radius 3 is 2.67 bits per heavy atom. The minimum atomic E-state index is -4.20. The largest absolute Gasteiger partial charge is 0.437 e. The quantitative estimate of drug-likeness (QED) is 0.245. The van der Waals surface area contributed by atoms with Gasteiger partial charge >= 0.3 is 0 Å². The molecule has 0 spiro atoms. The van der Waals surface area contributed by atoms with E-state index >= 15 is 4.39 Å². The lowest BCUT2D eigenvalue weighted by atomic mass is 9.95. The highest BCUT2D eigenvalue weighted by molar-refractivity contribution is 7.89. The smallest absolute Gasteiger partial charge is 0.228 e. The van der Waals surface area contributed by atoms with Crippen molar-refractivity contribution in [3.8, 4) is 22.9 Å². The van der Waals surface area contributed by atoms with E-state index in [9.17, 15) is 8.42 Å². The van der Waals surface area contributed by atoms with Crippen LogP contribution in [0.1, 0.15) is 42.1 Å². The van der Waals surface area contributed by atoms with Crippen LogP contribution in [0.5, 0.6) is 11.6 Å². The van der Waals surface area contributed by atoms with Gasteiger partial charge in [0.2, 0.25) is 21.9 Å². The molecule has 0 amide bonds. The van der Waals surface area contributed by atoms with Crippen molar-refractivity contribution in [2.75, 3.05) is 25.0 Å². The summed E-state index contributed by atoms with van der Waals surface area (Å²) in [6, 6.07) is 12.0. The van der Waals surface area contributed by atoms with E-state index in [0.717, 1.165) is 31.5 Å². The van der Waals surface area contributed by atoms with Crippen LogP contribution < -0.4 is 20.5 Å². The second kappa shape index (κ2) is 13.1. The Morgan fingerprint density at radius 2 is 1.93 bits per heavy atom. The van der Waals surface area contributed by atoms with Gasteiger partial charge in [-0.25, -0.2) is 32.9 Å². The van der Waals surface area contributed by atoms with Crippen LogP contribution in [0.3, 0.4) is 0 Å². The number of aryl methyl sites for hydroxylation is 1. The normalized spacial score (nSPS) is 19.5. The first-order valence-electron chi connectivity index (χ1n) is 14.1. The van der Waals surface area contributed by atoms with E-state index in [0.29, 0.717) is 59.1 Å². The molecule has 0 aliphatic carbocycles. The maximum Gasteiger partial charge on any atom is 0.228 e. The molecule has 10 nitrogen and oxygen atoms in total. The first-order valence-corrected chi connectivity index (χ1v) is 15.7. The van der Waals surface area contributed by atoms with Crippen molar-refractivity contribution in [1.82, 2.24) is 20.3 Å². The third kappa shape index (κ3) is 6.58. The van der Waals surface area contributed by atoms with E-state index in [1.807, 2.05) is 13.0 Å². The molecule has 228 valence electrons. The molecule has 2 saturated heterocycles. The number of ether oxygens (including phenoxy) is 2. The predicted octanol–water partition coefficient (Wildman–Crippen LogP) is 5.03. The minimum Gasteiger partial charge on any atom is -0.437 e. The van der Waals surface area contributed by atoms with Crippen LogP contribution in [0, 0.1) is 12.7 Å². The fourth-order valence-corrected chi connectivity index (χ4v) is 7.02. The summed E-state index contributed by atoms with van der Waals surface area (Å²) >= 11 is 0. The molecule has 0 bridgehead atoms. The number of rotatable bonds is 8. The van der Waals surface area contributed by atoms with Gasteiger partial charge in [-0.05, 0) is 80.4 Å². The van der Waals surface area contributed by atoms with E-state index in [4.69, 9.17) is 19.6 Å². The number of sulfonamides is 1. The first-order chi connectivity index (χ1) is 20.3. The van der Waals surface area contributed by atoms with Crippen molar-refractivity contribution in [1.29, 1.82) is 0 Å². The molecule has 13 heteroatoms. The van der Waals surface area contributed by atoms with Crippen LogP contribution in [-0.4, -0.2) is 55.2 Å². The molecule has 3 atom stereocenters. The second-order valence-corrected chi connectivity index (χ2v) is 12.4. The number of nitrogens with zero attached hydrogens (tertiary/aromatic N) is 3. The number of nitrogens with two attached hydrogens (primary N) is 1. The lowest BCUT2D eigenvalue weighted by Gasteiger charge is -2.24. The van der Waals surface area contributed by atoms with Gasteiger partial charge in [-0.15, -0.1) is 12.4 Å². The Balaban J connectivity index is 0.00000368. The number of hydrogen-bond donors (Lipinski definition) is 3. The third-order valence-electron chi connectivity index (χ3n) is 7.81. The Bertz CT molecular complexity index is 1710. The summed E-state index contributed by atoms with van der Waals surface area (Å²) in [6.45, 7) is 4.12. The van der Waals surface area contributed by atoms with E-state index in [-0.39, 0.29) is 24.0 Å². The second-order valence-electron chi connectivity index (χ2n) is 10.7. The summed E-state index contributed by atoms with van der Waals surface area (Å²) in [5.41, 5.74) is 2.01. The van der Waals surface area contributed by atoms with E-state index < -0.39 is 27.2 Å². The number of halogens is 2. The number of aromatic nitrogens is 3. The van der Waals surface area contributed by atoms with E-state index in [2.05, 4.69) is 20.6 Å². The summed E-state index contributed by atoms with van der Waals surface area (Å²) in [5.74, 6) is 0.570. The van der Waals surface area contributed by atoms with Gasteiger partial charge in [-0.3, -0.25) is 0 Å². The van der Waals surface area contributed by atoms with Crippen molar-refractivity contribution in [3.63, 3.8) is 0 Å². The topological polar surface area (TPSA) is 141 Å². The summed E-state index contributed by atoms with van der Waals surface area (Å²) in [5, 5.41) is 12.0. The zero-order valence-electron chi connectivity index (χ0n) is 23.6. The van der Waals surface area contributed by atoms with Gasteiger partial charge in [0.25, 0.3) is 0 Å². The zero-order chi connectivity index (χ0) is 29.3. The molecular weight excluding hydrogens is 595 g/mol. The SMILES string of the molecule is Cc1ccc2c(C(C3CCCO3)S(N)(=O)=O)c(F)ccc2c1Oc1ncccc1-c1ccnc(NC2CCCNC2)n1.Cl. The van der Waals surface area contributed by atoms with Crippen LogP contribution in [0.2, 0.25) is 0 Å². The number of hydrogen-bond acceptors (Lipinski definition) is 9. The average Bonchev–Trinajstić information content (AvgIpc) is 3.50. The van der Waals surface area contributed by atoms with Crippen molar-refractivity contribution >= 4 is 39.2 Å². The maximum atomic E-state index is 15.5. The fraction of sp³-hybridized carbons (Fsp3) is 0.367. The molecule has 4 heterocycles. The van der Waals surface area contributed by atoms with Gasteiger partial charge in [-0.2, -0.15) is 0 Å². The molecule has 6 rings (SSSR count). The fourth-order valence-electron chi connectivity index (χ4n) is 5.81. The lowest BCUT2D eigenvalue weighted by molar-refractivity contribution is 0.106. The van der Waals surface area contributed by atoms with Crippen LogP contribution in [0.15, 0.2) is 54.9 Å². The first kappa shape index (κ1) is 31.0. The number of pyridine rings is 1. The molecule has 2 aromatic carbocycles. The molecule has 43 heavy (non-hydrogen) atoms. The molecular formula is C30H34ClFN6O4S. The molecule has 0 saturated carbocycles. The van der Waals surface area contributed by atoms with Gasteiger partial charge in [0.05, 0.1) is 17.4 Å². The van der Waals surface area contributed by atoms with E-state index in [1.165, 1.54) is 6.07 Å². The van der Waals surface area contributed by atoms with Crippen LogP contribution in [0.4, 0.5) is 10.3 Å². The Hall–Kier alpha value is -3.42. The standard InChI is InChI=1S/C30H33FN6O4S.ClH/c1-18-8-9-20-21(10-11-23(31)26(20)28(42(32,38)39)25-7-4-16-40-25)27(18)41-29-22(6-3-14-34-29)24-12-15-35-30(37-24)36-19-5-2-13-33-17-19;/h3,6,8-12,14-15,19,25,28,33H,2,4-5,7,13,16-17H2,1H3,(H2,32,38,39)(H,35,36,37);1H. The lowest BCUT2D eigenvalue weighted by Crippen LogP contribution is -2.38. The molecule has 2 fully saturated rings. The Kier molecular flexibility index (Phi) is 9.42. The Labute approximate surface area is 256 Å². The summed E-state index contributed by atoms with van der Waals surface area (Å²) in [7, 11) is -4.20. The van der Waals surface area contributed by atoms with Gasteiger partial charge in [-0.1, -0.05) is 12.1 Å². The molecule has 4 aromatic rings. The van der Waals surface area contributed by atoms with Crippen LogP contribution >= 0.6 is 12.4 Å². The van der Waals surface area contributed by atoms with Crippen LogP contribution in [-0.2, 0) is 14.8 Å². The Morgan fingerprint density at radius 1 is 1.09 bits per heavy atom. The van der Waals surface area contributed by atoms with Crippen molar-refractivity contribution in [2.24, 2.45) is 5.14 Å². The molecule has 3 unspecified atom stereocenters. The van der Waals surface area contributed by atoms with Crippen molar-refractivity contribution in [2.45, 2.75) is 50.0 Å². The predicted molar refractivity (Wildman–Crippen MR) is 166 cm³/mol. The van der Waals surface area contributed by atoms with Gasteiger partial charge in [0.1, 0.15) is 16.8 Å². The maximum absolute atomic E-state index is 15.5. The summed E-state index contributed by atoms with van der Waals surface area (Å²) < 4.78 is 53.1. The van der Waals surface area contributed by atoms with Gasteiger partial charge in [0.15, 0.2) is 0 Å². The molecule has 2 aliphatic heterocycles. The summed E-state index contributed by atoms with van der Waals surface area (Å²) in [6.07, 6.45) is 5.83. The summed E-state index contributed by atoms with van der Waals surface area (Å²) in [4.78, 5) is 13.6. The number of piperidine rings is 1. The molecule has 2 aliphatic rings. The highest BCUT2D eigenvalue weighted by Crippen LogP contribution is 2.42. The highest BCUT2D eigenvalue weighted by Gasteiger charge is 2.38. The molecule has 4 N–H and O–H groups in total. The molecule has 2 aromatic heterocycles. The monoisotopic (exact) mass is 628 g/mol. The number of primary sulfonamides is 1. The van der Waals surface area contributed by atoms with Gasteiger partial charge in [0, 0.05) is 42.5 Å². The number of fused-ring (bicyclic) bond motifs is 1. The van der Waals surface area contributed by atoms with E-state index in [1.54, 1.807) is 42.7 Å². The third-order valence-corrected chi connectivity index (χ3v) is 9.06. The number of nitrogens with one attached hydrogen (secondary N) is 2. The van der Waals surface area contributed by atoms with Gasteiger partial charge < -0.3 is 20.1 Å². The number of anilines is 1. The van der Waals surface area contributed by atoms with Crippen molar-refractivity contribution < 1.29 is 22.3 Å². The minimum absolute atomic E-state index is 0. The van der Waals surface area contributed by atoms with Crippen LogP contribution in [0.25, 0.3) is 22.0 Å².